The first-order chi connectivity index (χ1) is 34.0. The van der Waals surface area contributed by atoms with Gasteiger partial charge in [0.25, 0.3) is 0 Å². The molecule has 0 aliphatic carbocycles. The maximum absolute atomic E-state index is 5.76. The maximum Gasteiger partial charge on any atom is 0.180 e. The van der Waals surface area contributed by atoms with Gasteiger partial charge in [0.15, 0.2) is 8.07 Å². The number of hydrogen-bond acceptors (Lipinski definition) is 5. The summed E-state index contributed by atoms with van der Waals surface area (Å²) < 4.78 is 14.1. The van der Waals surface area contributed by atoms with Crippen LogP contribution in [0, 0.1) is 0 Å². The van der Waals surface area contributed by atoms with Crippen LogP contribution in [0.15, 0.2) is 254 Å². The molecule has 6 heteroatoms. The van der Waals surface area contributed by atoms with Crippen molar-refractivity contribution in [2.75, 3.05) is 24.0 Å². The van der Waals surface area contributed by atoms with E-state index in [-0.39, 0.29) is 0 Å². The molecule has 0 spiro atoms. The molecule has 0 radical (unpaired) electrons. The van der Waals surface area contributed by atoms with Gasteiger partial charge in [-0.05, 0) is 159 Å². The van der Waals surface area contributed by atoms with Crippen LogP contribution in [0.3, 0.4) is 0 Å². The van der Waals surface area contributed by atoms with Gasteiger partial charge in [-0.1, -0.05) is 134 Å². The number of thiophene rings is 1. The van der Waals surface area contributed by atoms with Gasteiger partial charge in [0, 0.05) is 54.3 Å². The van der Waals surface area contributed by atoms with Gasteiger partial charge in [-0.15, -0.1) is 11.3 Å². The van der Waals surface area contributed by atoms with Crippen LogP contribution in [0.1, 0.15) is 12.5 Å². The molecule has 10 aromatic rings. The van der Waals surface area contributed by atoms with Gasteiger partial charge in [-0.3, -0.25) is 0 Å². The predicted octanol–water partition coefficient (Wildman–Crippen LogP) is 14.9. The van der Waals surface area contributed by atoms with E-state index in [4.69, 9.17) is 16.1 Å². The normalized spacial score (nSPS) is 14.0. The molecule has 0 bridgehead atoms. The Labute approximate surface area is 409 Å². The quantitative estimate of drug-likeness (QED) is 0.114. The van der Waals surface area contributed by atoms with Crippen LogP contribution in [0.5, 0.6) is 11.5 Å². The molecule has 0 unspecified atom stereocenters. The second-order valence-corrected chi connectivity index (χ2v) is 22.0. The van der Waals surface area contributed by atoms with E-state index in [1.54, 1.807) is 14.2 Å². The molecule has 9 aromatic carbocycles. The zero-order valence-electron chi connectivity index (χ0n) is 38.8. The monoisotopic (exact) mass is 926 g/mol. The summed E-state index contributed by atoms with van der Waals surface area (Å²) in [6.45, 7) is 7.07. The van der Waals surface area contributed by atoms with E-state index < -0.39 is 8.07 Å². The van der Waals surface area contributed by atoms with Crippen molar-refractivity contribution < 1.29 is 9.47 Å². The highest BCUT2D eigenvalue weighted by molar-refractivity contribution is 7.25. The lowest BCUT2D eigenvalue weighted by Crippen LogP contribution is -2.66. The highest BCUT2D eigenvalue weighted by Crippen LogP contribution is 2.46. The van der Waals surface area contributed by atoms with E-state index in [1.807, 2.05) is 11.3 Å². The Morgan fingerprint density at radius 3 is 1.54 bits per heavy atom. The minimum atomic E-state index is -3.03. The molecule has 0 fully saturated rings. The highest BCUT2D eigenvalue weighted by atomic mass is 32.1. The Kier molecular flexibility index (Phi) is 11.6. The summed E-state index contributed by atoms with van der Waals surface area (Å²) in [5, 5.41) is 7.62. The summed E-state index contributed by atoms with van der Waals surface area (Å²) in [6.07, 6.45) is 4.67. The van der Waals surface area contributed by atoms with Crippen LogP contribution in [0.2, 0.25) is 0 Å². The van der Waals surface area contributed by atoms with E-state index in [2.05, 4.69) is 253 Å². The smallest absolute Gasteiger partial charge is 0.180 e. The first-order valence-corrected chi connectivity index (χ1v) is 26.1. The number of nitrogens with zero attached hydrogens (tertiary/aromatic N) is 2. The molecular formula is C63H50N2O2SSi. The Morgan fingerprint density at radius 1 is 0.493 bits per heavy atom. The van der Waals surface area contributed by atoms with Crippen LogP contribution in [0.4, 0.5) is 28.4 Å². The number of ether oxygens (including phenoxy) is 2. The second kappa shape index (κ2) is 18.5. The zero-order chi connectivity index (χ0) is 46.9. The summed E-state index contributed by atoms with van der Waals surface area (Å²) in [5.41, 5.74) is 10.9. The Bertz CT molecular complexity index is 3450. The van der Waals surface area contributed by atoms with Crippen molar-refractivity contribution in [2.45, 2.75) is 6.92 Å². The fourth-order valence-corrected chi connectivity index (χ4v) is 16.6. The largest absolute Gasteiger partial charge is 0.497 e. The topological polar surface area (TPSA) is 24.9 Å². The number of rotatable bonds is 12. The fraction of sp³-hybridized carbons (Fsp3) is 0.0476. The van der Waals surface area contributed by atoms with E-state index in [0.29, 0.717) is 0 Å². The van der Waals surface area contributed by atoms with Gasteiger partial charge in [0.05, 0.1) is 14.2 Å². The molecule has 334 valence electrons. The zero-order valence-corrected chi connectivity index (χ0v) is 40.7. The molecular weight excluding hydrogens is 877 g/mol. The first-order valence-electron chi connectivity index (χ1n) is 23.3. The van der Waals surface area contributed by atoms with Gasteiger partial charge in [-0.2, -0.15) is 0 Å². The molecule has 0 N–H and O–H groups in total. The lowest BCUT2D eigenvalue weighted by molar-refractivity contribution is 0.415. The van der Waals surface area contributed by atoms with Crippen molar-refractivity contribution >= 4 is 89.2 Å². The third-order valence-electron chi connectivity index (χ3n) is 13.4. The predicted molar refractivity (Wildman–Crippen MR) is 296 cm³/mol. The molecule has 1 aromatic heterocycles. The SMILES string of the molecule is C=C(C=C1/C(=C\C)[Si](c2ccc(OC)cc2)(c2ccc(OC)cc2)c2ccc(N(c3ccccc3)c3ccc4sc5ccc(-c6ccccc6)cc5c4c3)cc21)N(c1ccccc1)c1ccccc1. The molecule has 4 nitrogen and oxygen atoms in total. The maximum atomic E-state index is 5.76. The first kappa shape index (κ1) is 43.4. The number of hydrogen-bond donors (Lipinski definition) is 0. The van der Waals surface area contributed by atoms with Crippen LogP contribution >= 0.6 is 11.3 Å². The second-order valence-electron chi connectivity index (χ2n) is 17.2. The van der Waals surface area contributed by atoms with Crippen LogP contribution in [-0.2, 0) is 0 Å². The molecule has 0 atom stereocenters. The van der Waals surface area contributed by atoms with Crippen LogP contribution < -0.4 is 34.8 Å². The molecule has 2 heterocycles. The van der Waals surface area contributed by atoms with Crippen molar-refractivity contribution in [1.29, 1.82) is 0 Å². The van der Waals surface area contributed by atoms with E-state index in [9.17, 15) is 0 Å². The van der Waals surface area contributed by atoms with Crippen molar-refractivity contribution in [2.24, 2.45) is 0 Å². The Morgan fingerprint density at radius 2 is 0.986 bits per heavy atom. The number of fused-ring (bicyclic) bond motifs is 4. The van der Waals surface area contributed by atoms with Crippen molar-refractivity contribution in [3.8, 4) is 22.6 Å². The summed E-state index contributed by atoms with van der Waals surface area (Å²) in [7, 11) is 0.425. The molecule has 0 saturated carbocycles. The number of benzene rings is 9. The Balaban J connectivity index is 1.16. The molecule has 0 amide bonds. The summed E-state index contributed by atoms with van der Waals surface area (Å²) >= 11 is 1.85. The van der Waals surface area contributed by atoms with Gasteiger partial charge >= 0.3 is 0 Å². The number of methoxy groups -OCH3 is 2. The number of allylic oxidation sites excluding steroid dienone is 4. The van der Waals surface area contributed by atoms with Crippen molar-refractivity contribution in [3.05, 3.63) is 260 Å². The molecule has 69 heavy (non-hydrogen) atoms. The van der Waals surface area contributed by atoms with E-state index in [1.165, 1.54) is 57.6 Å². The standard InChI is InChI=1S/C63H50N2O2SSi/c1-5-62-58(40-44(2)64(47-20-12-7-13-21-47)48-22-14-8-15-23-48)59-43-51(28-39-63(59)69(62,54-33-29-52(66-3)30-34-54)55-35-31-53(67-4)32-36-55)65(49-24-16-9-17-25-49)50-27-38-61-57(42-50)56-41-46(26-37-60(56)68-61)45-18-10-6-11-19-45/h5-43H,2H2,1,3-4H3/b58-40?,62-5+. The minimum absolute atomic E-state index is 0.823. The summed E-state index contributed by atoms with van der Waals surface area (Å²) in [6, 6.07) is 80.9. The van der Waals surface area contributed by atoms with E-state index >= 15 is 0 Å². The van der Waals surface area contributed by atoms with Gasteiger partial charge < -0.3 is 19.3 Å². The molecule has 1 aliphatic heterocycles. The van der Waals surface area contributed by atoms with Gasteiger partial charge in [0.2, 0.25) is 0 Å². The average Bonchev–Trinajstić information content (AvgIpc) is 3.92. The highest BCUT2D eigenvalue weighted by Gasteiger charge is 2.51. The summed E-state index contributed by atoms with van der Waals surface area (Å²) in [4.78, 5) is 4.67. The lowest BCUT2D eigenvalue weighted by atomic mass is 10.0. The molecule has 1 aliphatic rings. The van der Waals surface area contributed by atoms with Crippen molar-refractivity contribution in [3.63, 3.8) is 0 Å². The fourth-order valence-electron chi connectivity index (χ4n) is 10.3. The molecule has 11 rings (SSSR count). The molecule has 0 saturated heterocycles. The van der Waals surface area contributed by atoms with Crippen molar-refractivity contribution in [1.82, 2.24) is 0 Å². The Hall–Kier alpha value is -8.16. The minimum Gasteiger partial charge on any atom is -0.497 e. The van der Waals surface area contributed by atoms with Gasteiger partial charge in [-0.25, -0.2) is 0 Å². The van der Waals surface area contributed by atoms with E-state index in [0.717, 1.165) is 51.2 Å². The van der Waals surface area contributed by atoms with Crippen LogP contribution in [0.25, 0.3) is 36.9 Å². The number of anilines is 5. The van der Waals surface area contributed by atoms with Crippen LogP contribution in [-0.4, -0.2) is 22.3 Å². The average molecular weight is 927 g/mol. The number of para-hydroxylation sites is 3. The van der Waals surface area contributed by atoms with Gasteiger partial charge in [0.1, 0.15) is 11.5 Å². The lowest BCUT2D eigenvalue weighted by Gasteiger charge is -2.32. The third-order valence-corrected chi connectivity index (χ3v) is 19.6. The summed E-state index contributed by atoms with van der Waals surface area (Å²) in [5.74, 6) is 1.65. The third kappa shape index (κ3) is 7.74.